The zero-order valence-electron chi connectivity index (χ0n) is 17.2. The van der Waals surface area contributed by atoms with Gasteiger partial charge >= 0.3 is 0 Å². The molecule has 1 fully saturated rings. The maximum absolute atomic E-state index is 12.6. The van der Waals surface area contributed by atoms with Crippen LogP contribution in [0.3, 0.4) is 0 Å². The normalized spacial score (nSPS) is 14.6. The molecule has 4 nitrogen and oxygen atoms in total. The molecular weight excluding hydrogens is 372 g/mol. The van der Waals surface area contributed by atoms with Crippen LogP contribution < -0.4 is 5.32 Å². The number of hydrogen-bond donors (Lipinski definition) is 1. The number of hydrogen-bond acceptors (Lipinski definition) is 2. The van der Waals surface area contributed by atoms with Gasteiger partial charge in [-0.15, -0.1) is 0 Å². The molecule has 0 saturated carbocycles. The number of rotatable bonds is 6. The van der Waals surface area contributed by atoms with E-state index in [9.17, 15) is 9.59 Å². The topological polar surface area (TPSA) is 49.4 Å². The van der Waals surface area contributed by atoms with Crippen LogP contribution in [-0.4, -0.2) is 23.3 Å². The van der Waals surface area contributed by atoms with Crippen molar-refractivity contribution in [3.05, 3.63) is 95.6 Å². The largest absolute Gasteiger partial charge is 0.346 e. The van der Waals surface area contributed by atoms with Gasteiger partial charge in [-0.25, -0.2) is 0 Å². The Bertz CT molecular complexity index is 1010. The number of nitrogens with zero attached hydrogens (tertiary/aromatic N) is 1. The van der Waals surface area contributed by atoms with Crippen molar-refractivity contribution in [2.45, 2.75) is 32.4 Å². The van der Waals surface area contributed by atoms with Gasteiger partial charge in [0, 0.05) is 25.1 Å². The standard InChI is InChI=1S/C26H26N2O2/c1-19(21-13-15-23(16-14-21)22-6-3-2-4-7-22)27-26(30)24-11-9-20(10-12-24)18-28-17-5-8-25(28)29/h2-4,6-7,9-16,19H,5,8,17-18H2,1H3,(H,27,30)/t19-/m0/s1. The Balaban J connectivity index is 1.36. The Hall–Kier alpha value is -3.40. The molecule has 0 unspecified atom stereocenters. The summed E-state index contributed by atoms with van der Waals surface area (Å²) >= 11 is 0. The third-order valence-corrected chi connectivity index (χ3v) is 5.63. The molecular formula is C26H26N2O2. The van der Waals surface area contributed by atoms with Crippen LogP contribution in [0.25, 0.3) is 11.1 Å². The third-order valence-electron chi connectivity index (χ3n) is 5.63. The molecule has 0 aromatic heterocycles. The molecule has 0 spiro atoms. The summed E-state index contributed by atoms with van der Waals surface area (Å²) in [6, 6.07) is 26.0. The van der Waals surface area contributed by atoms with Crippen LogP contribution in [0.1, 0.15) is 47.3 Å². The van der Waals surface area contributed by atoms with E-state index in [1.54, 1.807) is 0 Å². The lowest BCUT2D eigenvalue weighted by molar-refractivity contribution is -0.128. The van der Waals surface area contributed by atoms with Gasteiger partial charge in [-0.2, -0.15) is 0 Å². The van der Waals surface area contributed by atoms with Crippen LogP contribution in [-0.2, 0) is 11.3 Å². The van der Waals surface area contributed by atoms with E-state index >= 15 is 0 Å². The van der Waals surface area contributed by atoms with Crippen LogP contribution in [0.5, 0.6) is 0 Å². The summed E-state index contributed by atoms with van der Waals surface area (Å²) in [5.74, 6) is 0.113. The summed E-state index contributed by atoms with van der Waals surface area (Å²) in [5.41, 5.74) is 5.07. The van der Waals surface area contributed by atoms with Crippen molar-refractivity contribution >= 4 is 11.8 Å². The smallest absolute Gasteiger partial charge is 0.251 e. The number of carbonyl (C=O) groups is 2. The van der Waals surface area contributed by atoms with Gasteiger partial charge in [0.2, 0.25) is 5.91 Å². The molecule has 1 N–H and O–H groups in total. The fourth-order valence-electron chi connectivity index (χ4n) is 3.81. The molecule has 0 radical (unpaired) electrons. The first-order valence-corrected chi connectivity index (χ1v) is 10.4. The van der Waals surface area contributed by atoms with E-state index in [0.717, 1.165) is 29.7 Å². The Labute approximate surface area is 177 Å². The first-order chi connectivity index (χ1) is 14.6. The Morgan fingerprint density at radius 2 is 1.60 bits per heavy atom. The molecule has 1 aliphatic rings. The molecule has 0 aliphatic carbocycles. The van der Waals surface area contributed by atoms with E-state index in [1.165, 1.54) is 5.56 Å². The number of amides is 2. The van der Waals surface area contributed by atoms with E-state index < -0.39 is 0 Å². The van der Waals surface area contributed by atoms with Gasteiger partial charge in [0.15, 0.2) is 0 Å². The summed E-state index contributed by atoms with van der Waals surface area (Å²) in [6.45, 7) is 3.43. The number of benzene rings is 3. The Kier molecular flexibility index (Phi) is 5.94. The van der Waals surface area contributed by atoms with Crippen LogP contribution in [0.4, 0.5) is 0 Å². The number of nitrogens with one attached hydrogen (secondary N) is 1. The zero-order valence-corrected chi connectivity index (χ0v) is 17.2. The molecule has 3 aromatic carbocycles. The quantitative estimate of drug-likeness (QED) is 0.637. The number of likely N-dealkylation sites (tertiary alicyclic amines) is 1. The van der Waals surface area contributed by atoms with Crippen LogP contribution in [0.2, 0.25) is 0 Å². The monoisotopic (exact) mass is 398 g/mol. The van der Waals surface area contributed by atoms with Gasteiger partial charge < -0.3 is 10.2 Å². The molecule has 1 atom stereocenters. The van der Waals surface area contributed by atoms with Crippen molar-refractivity contribution in [3.8, 4) is 11.1 Å². The molecule has 2 amide bonds. The van der Waals surface area contributed by atoms with Crippen molar-refractivity contribution in [1.29, 1.82) is 0 Å². The highest BCUT2D eigenvalue weighted by Gasteiger charge is 2.20. The Morgan fingerprint density at radius 3 is 2.23 bits per heavy atom. The maximum Gasteiger partial charge on any atom is 0.251 e. The highest BCUT2D eigenvalue weighted by molar-refractivity contribution is 5.94. The van der Waals surface area contributed by atoms with E-state index in [4.69, 9.17) is 0 Å². The highest BCUT2D eigenvalue weighted by Crippen LogP contribution is 2.22. The minimum atomic E-state index is -0.0987. The molecule has 152 valence electrons. The summed E-state index contributed by atoms with van der Waals surface area (Å²) in [6.07, 6.45) is 1.58. The first kappa shape index (κ1) is 19.9. The molecule has 4 rings (SSSR count). The predicted octanol–water partition coefficient (Wildman–Crippen LogP) is 4.97. The van der Waals surface area contributed by atoms with Crippen molar-refractivity contribution < 1.29 is 9.59 Å². The molecule has 30 heavy (non-hydrogen) atoms. The van der Waals surface area contributed by atoms with Crippen molar-refractivity contribution in [2.24, 2.45) is 0 Å². The minimum Gasteiger partial charge on any atom is -0.346 e. The van der Waals surface area contributed by atoms with E-state index in [0.29, 0.717) is 18.5 Å². The zero-order chi connectivity index (χ0) is 20.9. The van der Waals surface area contributed by atoms with Crippen LogP contribution in [0.15, 0.2) is 78.9 Å². The second-order valence-corrected chi connectivity index (χ2v) is 7.80. The van der Waals surface area contributed by atoms with Gasteiger partial charge in [-0.3, -0.25) is 9.59 Å². The fourth-order valence-corrected chi connectivity index (χ4v) is 3.81. The third kappa shape index (κ3) is 4.60. The second-order valence-electron chi connectivity index (χ2n) is 7.80. The van der Waals surface area contributed by atoms with Crippen LogP contribution >= 0.6 is 0 Å². The van der Waals surface area contributed by atoms with E-state index in [1.807, 2.05) is 54.3 Å². The average molecular weight is 399 g/mol. The molecule has 4 heteroatoms. The number of carbonyl (C=O) groups excluding carboxylic acids is 2. The lowest BCUT2D eigenvalue weighted by atomic mass is 10.0. The summed E-state index contributed by atoms with van der Waals surface area (Å²) in [7, 11) is 0. The van der Waals surface area contributed by atoms with Gasteiger partial charge in [0.25, 0.3) is 5.91 Å². The summed E-state index contributed by atoms with van der Waals surface area (Å²) in [5, 5.41) is 3.07. The second kappa shape index (κ2) is 8.95. The van der Waals surface area contributed by atoms with Gasteiger partial charge in [-0.1, -0.05) is 66.7 Å². The fraction of sp³-hybridized carbons (Fsp3) is 0.231. The molecule has 0 bridgehead atoms. The van der Waals surface area contributed by atoms with Gasteiger partial charge in [-0.05, 0) is 47.7 Å². The molecule has 3 aromatic rings. The van der Waals surface area contributed by atoms with Crippen molar-refractivity contribution in [3.63, 3.8) is 0 Å². The Morgan fingerprint density at radius 1 is 0.933 bits per heavy atom. The minimum absolute atomic E-state index is 0.0933. The van der Waals surface area contributed by atoms with Crippen LogP contribution in [0, 0.1) is 0 Å². The van der Waals surface area contributed by atoms with Crippen molar-refractivity contribution in [1.82, 2.24) is 10.2 Å². The molecule has 1 heterocycles. The SMILES string of the molecule is C[C@H](NC(=O)c1ccc(CN2CCCC2=O)cc1)c1ccc(-c2ccccc2)cc1. The highest BCUT2D eigenvalue weighted by atomic mass is 16.2. The maximum atomic E-state index is 12.6. The lowest BCUT2D eigenvalue weighted by Gasteiger charge is -2.17. The lowest BCUT2D eigenvalue weighted by Crippen LogP contribution is -2.27. The van der Waals surface area contributed by atoms with E-state index in [-0.39, 0.29) is 17.9 Å². The average Bonchev–Trinajstić information content (AvgIpc) is 3.19. The van der Waals surface area contributed by atoms with Gasteiger partial charge in [0.05, 0.1) is 6.04 Å². The van der Waals surface area contributed by atoms with E-state index in [2.05, 4.69) is 41.7 Å². The van der Waals surface area contributed by atoms with Gasteiger partial charge in [0.1, 0.15) is 0 Å². The van der Waals surface area contributed by atoms with Crippen molar-refractivity contribution in [2.75, 3.05) is 6.54 Å². The first-order valence-electron chi connectivity index (χ1n) is 10.4. The summed E-state index contributed by atoms with van der Waals surface area (Å²) < 4.78 is 0. The molecule has 1 saturated heterocycles. The molecule has 1 aliphatic heterocycles. The summed E-state index contributed by atoms with van der Waals surface area (Å²) in [4.78, 5) is 26.3. The predicted molar refractivity (Wildman–Crippen MR) is 119 cm³/mol.